The summed E-state index contributed by atoms with van der Waals surface area (Å²) in [5.74, 6) is -1.75. The third-order valence-electron chi connectivity index (χ3n) is 3.76. The summed E-state index contributed by atoms with van der Waals surface area (Å²) < 4.78 is 40.5. The number of hydrogen-bond acceptors (Lipinski definition) is 4. The lowest BCUT2D eigenvalue weighted by Gasteiger charge is -2.12. The first-order valence-corrected chi connectivity index (χ1v) is 7.97. The van der Waals surface area contributed by atoms with Gasteiger partial charge >= 0.3 is 6.18 Å². The third kappa shape index (κ3) is 4.74. The molecule has 2 aromatic rings. The predicted molar refractivity (Wildman–Crippen MR) is 96.2 cm³/mol. The van der Waals surface area contributed by atoms with E-state index in [2.05, 4.69) is 0 Å². The largest absolute Gasteiger partial charge is 0.417 e. The summed E-state index contributed by atoms with van der Waals surface area (Å²) in [6.07, 6.45) is -4.65. The third-order valence-corrected chi connectivity index (χ3v) is 3.98. The summed E-state index contributed by atoms with van der Waals surface area (Å²) >= 11 is 5.68. The summed E-state index contributed by atoms with van der Waals surface area (Å²) in [6, 6.07) is 6.08. The molecule has 0 bridgehead atoms. The molecule has 0 unspecified atom stereocenters. The van der Waals surface area contributed by atoms with Crippen molar-refractivity contribution in [1.29, 1.82) is 0 Å². The molecule has 2 N–H and O–H groups in total. The van der Waals surface area contributed by atoms with E-state index in [-0.39, 0.29) is 16.1 Å². The van der Waals surface area contributed by atoms with Crippen molar-refractivity contribution >= 4 is 34.6 Å². The minimum Gasteiger partial charge on any atom is -0.366 e. The average Bonchev–Trinajstić information content (AvgIpc) is 2.57. The fourth-order valence-corrected chi connectivity index (χ4v) is 2.70. The molecule has 0 saturated heterocycles. The number of aryl methyl sites for hydroxylation is 1. The molecule has 28 heavy (non-hydrogen) atoms. The molecule has 6 nitrogen and oxygen atoms in total. The Morgan fingerprint density at radius 3 is 2.29 bits per heavy atom. The van der Waals surface area contributed by atoms with Crippen LogP contribution in [-0.4, -0.2) is 22.8 Å². The van der Waals surface area contributed by atoms with Crippen LogP contribution in [0.4, 0.5) is 18.9 Å². The molecule has 10 heteroatoms. The van der Waals surface area contributed by atoms with Crippen molar-refractivity contribution in [3.63, 3.8) is 0 Å². The molecular formula is C18H12ClF3N2O4. The van der Waals surface area contributed by atoms with Crippen molar-refractivity contribution in [2.75, 3.05) is 0 Å². The van der Waals surface area contributed by atoms with Gasteiger partial charge in [-0.2, -0.15) is 13.2 Å². The van der Waals surface area contributed by atoms with E-state index in [9.17, 15) is 32.9 Å². The highest BCUT2D eigenvalue weighted by molar-refractivity contribution is 6.31. The summed E-state index contributed by atoms with van der Waals surface area (Å²) in [6.45, 7) is 1.48. The Kier molecular flexibility index (Phi) is 5.89. The monoisotopic (exact) mass is 412 g/mol. The van der Waals surface area contributed by atoms with Gasteiger partial charge in [0.2, 0.25) is 5.91 Å². The first-order valence-electron chi connectivity index (χ1n) is 7.59. The maximum Gasteiger partial charge on any atom is 0.417 e. The van der Waals surface area contributed by atoms with E-state index in [0.29, 0.717) is 17.7 Å². The molecule has 0 saturated carbocycles. The number of primary amides is 1. The highest BCUT2D eigenvalue weighted by atomic mass is 35.5. The number of ketones is 1. The first kappa shape index (κ1) is 21.1. The number of rotatable bonds is 5. The molecule has 0 aromatic heterocycles. The molecule has 0 aliphatic rings. The number of benzene rings is 2. The number of halogens is 4. The summed E-state index contributed by atoms with van der Waals surface area (Å²) in [5, 5.41) is 10.6. The highest BCUT2D eigenvalue weighted by Crippen LogP contribution is 2.37. The van der Waals surface area contributed by atoms with Crippen LogP contribution in [0.2, 0.25) is 5.02 Å². The second-order valence-electron chi connectivity index (χ2n) is 5.77. The molecule has 146 valence electrons. The minimum atomic E-state index is -4.98. The number of nitrogens with zero attached hydrogens (tertiary/aromatic N) is 1. The topological polar surface area (TPSA) is 103 Å². The van der Waals surface area contributed by atoms with Gasteiger partial charge in [-0.1, -0.05) is 17.7 Å². The molecule has 2 aromatic carbocycles. The van der Waals surface area contributed by atoms with Gasteiger partial charge in [-0.05, 0) is 42.3 Å². The highest BCUT2D eigenvalue weighted by Gasteiger charge is 2.36. The number of carbonyl (C=O) groups excluding carboxylic acids is 2. The molecule has 0 radical (unpaired) electrons. The average molecular weight is 413 g/mol. The maximum absolute atomic E-state index is 13.5. The van der Waals surface area contributed by atoms with Crippen LogP contribution in [0, 0.1) is 17.0 Å². The van der Waals surface area contributed by atoms with Crippen molar-refractivity contribution in [3.8, 4) is 0 Å². The van der Waals surface area contributed by atoms with Gasteiger partial charge in [0, 0.05) is 28.3 Å². The van der Waals surface area contributed by atoms with E-state index in [0.717, 1.165) is 12.1 Å². The van der Waals surface area contributed by atoms with Crippen molar-refractivity contribution in [2.45, 2.75) is 13.1 Å². The summed E-state index contributed by atoms with van der Waals surface area (Å²) in [4.78, 5) is 33.6. The van der Waals surface area contributed by atoms with Crippen LogP contribution in [0.1, 0.15) is 31.8 Å². The Hall–Kier alpha value is -3.20. The predicted octanol–water partition coefficient (Wildman–Crippen LogP) is 4.48. The van der Waals surface area contributed by atoms with Gasteiger partial charge in [0.05, 0.1) is 10.5 Å². The van der Waals surface area contributed by atoms with Crippen LogP contribution in [-0.2, 0) is 0 Å². The van der Waals surface area contributed by atoms with Crippen LogP contribution >= 0.6 is 11.6 Å². The van der Waals surface area contributed by atoms with Crippen LogP contribution in [0.5, 0.6) is 0 Å². The van der Waals surface area contributed by atoms with Crippen molar-refractivity contribution in [1.82, 2.24) is 0 Å². The Morgan fingerprint density at radius 2 is 1.79 bits per heavy atom. The van der Waals surface area contributed by atoms with Crippen LogP contribution in [0.25, 0.3) is 5.57 Å². The zero-order valence-electron chi connectivity index (χ0n) is 14.2. The number of allylic oxidation sites excluding steroid dienone is 2. The summed E-state index contributed by atoms with van der Waals surface area (Å²) in [7, 11) is 0. The number of alkyl halides is 3. The van der Waals surface area contributed by atoms with Crippen LogP contribution < -0.4 is 5.73 Å². The number of carbonyl (C=O) groups is 2. The second-order valence-corrected chi connectivity index (χ2v) is 6.21. The minimum absolute atomic E-state index is 0.110. The van der Waals surface area contributed by atoms with E-state index in [1.165, 1.54) is 25.1 Å². The Bertz CT molecular complexity index is 1020. The van der Waals surface area contributed by atoms with Crippen LogP contribution in [0.15, 0.2) is 42.5 Å². The zero-order valence-corrected chi connectivity index (χ0v) is 15.0. The van der Waals surface area contributed by atoms with Gasteiger partial charge < -0.3 is 5.73 Å². The van der Waals surface area contributed by atoms with Crippen molar-refractivity contribution in [2.24, 2.45) is 5.73 Å². The number of amides is 1. The lowest BCUT2D eigenvalue weighted by atomic mass is 9.98. The molecule has 1 amide bonds. The molecule has 0 aliphatic heterocycles. The molecule has 0 atom stereocenters. The lowest BCUT2D eigenvalue weighted by molar-refractivity contribution is -0.384. The molecule has 0 spiro atoms. The van der Waals surface area contributed by atoms with Crippen LogP contribution in [0.3, 0.4) is 0 Å². The van der Waals surface area contributed by atoms with Gasteiger partial charge in [-0.15, -0.1) is 0 Å². The Balaban J connectivity index is 2.57. The fourth-order valence-electron chi connectivity index (χ4n) is 2.47. The van der Waals surface area contributed by atoms with E-state index in [4.69, 9.17) is 17.3 Å². The Labute approximate surface area is 161 Å². The standard InChI is InChI=1S/C18H12ClF3N2O4/c1-9-4-10(2-3-14(9)17(23)26)16(25)8-15(18(20,21)22)11-5-12(19)7-13(6-11)24(27)28/h2-8H,1H3,(H2,23,26)/b15-8-. The van der Waals surface area contributed by atoms with E-state index in [1.807, 2.05) is 0 Å². The maximum atomic E-state index is 13.5. The normalized spacial score (nSPS) is 12.0. The molecule has 0 fully saturated rings. The molecular weight excluding hydrogens is 401 g/mol. The van der Waals surface area contributed by atoms with E-state index >= 15 is 0 Å². The van der Waals surface area contributed by atoms with Crippen molar-refractivity contribution in [3.05, 3.63) is 79.9 Å². The van der Waals surface area contributed by atoms with Gasteiger partial charge in [0.15, 0.2) is 5.78 Å². The quantitative estimate of drug-likeness (QED) is 0.338. The van der Waals surface area contributed by atoms with Crippen molar-refractivity contribution < 1.29 is 27.7 Å². The summed E-state index contributed by atoms with van der Waals surface area (Å²) in [5.41, 5.74) is 2.83. The van der Waals surface area contributed by atoms with Gasteiger partial charge in [-0.25, -0.2) is 0 Å². The number of nitro benzene ring substituents is 1. The first-order chi connectivity index (χ1) is 12.9. The second kappa shape index (κ2) is 7.81. The lowest BCUT2D eigenvalue weighted by Crippen LogP contribution is -2.14. The smallest absolute Gasteiger partial charge is 0.366 e. The number of nitrogens with two attached hydrogens (primary N) is 1. The van der Waals surface area contributed by atoms with Gasteiger partial charge in [0.1, 0.15) is 0 Å². The zero-order chi connectivity index (χ0) is 21.2. The molecule has 0 aliphatic carbocycles. The fraction of sp³-hybridized carbons (Fsp3) is 0.111. The SMILES string of the molecule is Cc1cc(C(=O)/C=C(/c2cc(Cl)cc([N+](=O)[O-])c2)C(F)(F)F)ccc1C(N)=O. The number of non-ortho nitro benzene ring substituents is 1. The Morgan fingerprint density at radius 1 is 1.14 bits per heavy atom. The van der Waals surface area contributed by atoms with E-state index in [1.54, 1.807) is 0 Å². The van der Waals surface area contributed by atoms with E-state index < -0.39 is 39.6 Å². The molecule has 0 heterocycles. The number of nitro groups is 1. The van der Waals surface area contributed by atoms with Gasteiger partial charge in [-0.3, -0.25) is 19.7 Å². The molecule has 2 rings (SSSR count). The number of hydrogen-bond donors (Lipinski definition) is 1. The van der Waals surface area contributed by atoms with Gasteiger partial charge in [0.25, 0.3) is 5.69 Å².